The van der Waals surface area contributed by atoms with Gasteiger partial charge >= 0.3 is 5.69 Å². The second kappa shape index (κ2) is 25.2. The average molecular weight is 774 g/mol. The molecule has 11 atom stereocenters. The first-order chi connectivity index (χ1) is 24.5. The van der Waals surface area contributed by atoms with Gasteiger partial charge in [0.25, 0.3) is 7.82 Å². The molecule has 21 nitrogen and oxygen atoms in total. The summed E-state index contributed by atoms with van der Waals surface area (Å²) < 4.78 is 33.3. The van der Waals surface area contributed by atoms with Crippen molar-refractivity contribution >= 4 is 25.5 Å². The topological polar surface area (TPSA) is 341 Å². The van der Waals surface area contributed by atoms with Crippen LogP contribution in [0, 0.1) is 0 Å². The highest BCUT2D eigenvalue weighted by atomic mass is 31.2. The Morgan fingerprint density at radius 1 is 1.21 bits per heavy atom. The molecule has 2 fully saturated rings. The van der Waals surface area contributed by atoms with Gasteiger partial charge < -0.3 is 75.8 Å². The highest BCUT2D eigenvalue weighted by molar-refractivity contribution is 7.45. The maximum atomic E-state index is 12.7. The molecule has 0 radical (unpaired) electrons. The van der Waals surface area contributed by atoms with E-state index in [0.29, 0.717) is 0 Å². The van der Waals surface area contributed by atoms with E-state index in [0.717, 1.165) is 10.8 Å². The number of carbonyl (C=O) groups excluding carboxylic acids is 2. The number of phosphoric ester groups is 1. The number of aliphatic hydroxyl groups excluding tert-OH is 6. The van der Waals surface area contributed by atoms with Crippen molar-refractivity contribution in [1.82, 2.24) is 20.2 Å². The third-order valence-electron chi connectivity index (χ3n) is 6.59. The van der Waals surface area contributed by atoms with Crippen molar-refractivity contribution in [3.63, 3.8) is 0 Å². The number of hydrogen-bond acceptors (Lipinski definition) is 19. The lowest BCUT2D eigenvalue weighted by atomic mass is 9.88. The van der Waals surface area contributed by atoms with Crippen LogP contribution in [0.15, 0.2) is 29.7 Å². The Morgan fingerprint density at radius 3 is 2.25 bits per heavy atom. The number of aromatic nitrogens is 2. The van der Waals surface area contributed by atoms with Gasteiger partial charge in [0, 0.05) is 12.6 Å². The maximum Gasteiger partial charge on any atom is 0.351 e. The smallest absolute Gasteiger partial charge is 0.351 e. The summed E-state index contributed by atoms with van der Waals surface area (Å²) in [5.41, 5.74) is 4.44. The van der Waals surface area contributed by atoms with Gasteiger partial charge in [0.15, 0.2) is 6.23 Å². The van der Waals surface area contributed by atoms with Crippen LogP contribution in [-0.4, -0.2) is 133 Å². The Balaban J connectivity index is 0. The van der Waals surface area contributed by atoms with E-state index < -0.39 is 106 Å². The highest BCUT2D eigenvalue weighted by Gasteiger charge is 2.54. The largest absolute Gasteiger partial charge is 0.756 e. The molecule has 0 saturated carbocycles. The minimum absolute atomic E-state index is 0.150. The van der Waals surface area contributed by atoms with Crippen LogP contribution in [0.5, 0.6) is 0 Å². The van der Waals surface area contributed by atoms with Gasteiger partial charge in [0.05, 0.1) is 31.9 Å². The number of nitrogen functional groups attached to an aromatic ring is 1. The molecular weight excluding hydrogens is 717 g/mol. The Bertz CT molecular complexity index is 1310. The summed E-state index contributed by atoms with van der Waals surface area (Å²) in [6, 6.07) is -0.460. The summed E-state index contributed by atoms with van der Waals surface area (Å²) in [7, 11) is -4.42. The fourth-order valence-electron chi connectivity index (χ4n) is 4.46. The number of aliphatic hydroxyl groups is 6. The van der Waals surface area contributed by atoms with E-state index in [9.17, 15) is 59.6 Å². The first kappa shape index (κ1) is 51.2. The zero-order valence-corrected chi connectivity index (χ0v) is 31.5. The normalized spacial score (nSPS) is 28.6. The Labute approximate surface area is 302 Å². The van der Waals surface area contributed by atoms with E-state index in [1.54, 1.807) is 6.08 Å². The Morgan fingerprint density at radius 2 is 1.77 bits per heavy atom. The number of amides is 1. The van der Waals surface area contributed by atoms with E-state index >= 15 is 0 Å². The van der Waals surface area contributed by atoms with E-state index in [4.69, 9.17) is 15.2 Å². The number of likely N-dealkylation sites (N-methyl/N-ethyl adjacent to an activating group) is 1. The lowest BCUT2D eigenvalue weighted by molar-refractivity contribution is -0.377. The van der Waals surface area contributed by atoms with Gasteiger partial charge in [0.2, 0.25) is 11.7 Å². The molecule has 3 rings (SSSR count). The predicted molar refractivity (Wildman–Crippen MR) is 182 cm³/mol. The van der Waals surface area contributed by atoms with Crippen LogP contribution in [0.4, 0.5) is 5.82 Å². The Hall–Kier alpha value is -2.89. The summed E-state index contributed by atoms with van der Waals surface area (Å²) in [5.74, 6) is -6.72. The molecule has 304 valence electrons. The zero-order chi connectivity index (χ0) is 41.0. The van der Waals surface area contributed by atoms with Crippen molar-refractivity contribution in [3.05, 3.63) is 35.4 Å². The number of carbonyl (C=O) groups is 2. The van der Waals surface area contributed by atoms with Crippen LogP contribution in [0.25, 0.3) is 0 Å². The molecule has 10 N–H and O–H groups in total. The number of hydrogen-bond donors (Lipinski definition) is 9. The summed E-state index contributed by atoms with van der Waals surface area (Å²) in [6.45, 7) is 14.7. The van der Waals surface area contributed by atoms with Crippen molar-refractivity contribution in [3.8, 4) is 0 Å². The fraction of sp³-hybridized carbons (Fsp3) is 0.733. The van der Waals surface area contributed by atoms with Crippen LogP contribution >= 0.6 is 7.82 Å². The van der Waals surface area contributed by atoms with Gasteiger partial charge in [0.1, 0.15) is 48.4 Å². The molecule has 0 spiro atoms. The van der Waals surface area contributed by atoms with E-state index in [1.807, 2.05) is 48.5 Å². The molecule has 2 saturated heterocycles. The number of phosphoric acid groups is 1. The molecule has 9 unspecified atom stereocenters. The van der Waals surface area contributed by atoms with Crippen LogP contribution in [0.1, 0.15) is 61.1 Å². The minimum Gasteiger partial charge on any atom is -0.756 e. The number of carboxylic acid groups (broad SMARTS) is 1. The quantitative estimate of drug-likeness (QED) is 0.0686. The van der Waals surface area contributed by atoms with Gasteiger partial charge in [-0.3, -0.25) is 18.5 Å². The highest BCUT2D eigenvalue weighted by Crippen LogP contribution is 2.48. The van der Waals surface area contributed by atoms with Crippen molar-refractivity contribution in [2.45, 2.75) is 116 Å². The number of allylic oxidation sites excluding steroid dienone is 1. The minimum atomic E-state index is -5.83. The zero-order valence-electron chi connectivity index (χ0n) is 30.6. The predicted octanol–water partition coefficient (Wildman–Crippen LogP) is -3.77. The summed E-state index contributed by atoms with van der Waals surface area (Å²) in [4.78, 5) is 52.5. The Kier molecular flexibility index (Phi) is 24.8. The molecule has 1 amide bonds. The molecule has 1 aromatic heterocycles. The van der Waals surface area contributed by atoms with Gasteiger partial charge in [-0.15, -0.1) is 6.58 Å². The third kappa shape index (κ3) is 14.5. The first-order valence-electron chi connectivity index (χ1n) is 16.5. The van der Waals surface area contributed by atoms with Crippen molar-refractivity contribution in [1.29, 1.82) is 0 Å². The fourth-order valence-corrected chi connectivity index (χ4v) is 5.40. The van der Waals surface area contributed by atoms with Gasteiger partial charge in [-0.05, 0) is 20.0 Å². The van der Waals surface area contributed by atoms with Crippen molar-refractivity contribution in [2.24, 2.45) is 0 Å². The molecule has 0 aromatic carbocycles. The molecule has 0 bridgehead atoms. The monoisotopic (exact) mass is 773 g/mol. The van der Waals surface area contributed by atoms with Crippen LogP contribution < -0.4 is 32.1 Å². The van der Waals surface area contributed by atoms with Gasteiger partial charge in [-0.25, -0.2) is 4.79 Å². The van der Waals surface area contributed by atoms with Crippen molar-refractivity contribution in [2.75, 3.05) is 32.5 Å². The standard InChI is InChI=1S/C21H34N5O16P.C3H6.3C2H6/c1-23-5-12(30)25-13-8(28)4-21(19(34)35,41-17(13)14(31)9(29)6-27)42-43(37,38)39-7-10-15(32)16(33)18(40-10)26-3-2-11(22)24-20(26)36;1-3-2;3*1-2/h2-3,8-10,13-18,23,27-29,31-33H,4-7H2,1H3,(H,25,30)(H,34,35)(H,37,38)(H2,22,24,36);3H,1H2,2H3;3*1-2H3/p-2/t8?,9-,10?,13?,14-,15?,16?,17?,18?,21?;;;;/m1..../s1. The molecule has 22 heteroatoms. The van der Waals surface area contributed by atoms with Gasteiger partial charge in [-0.1, -0.05) is 47.6 Å². The van der Waals surface area contributed by atoms with E-state index in [-0.39, 0.29) is 12.4 Å². The molecular formula is C30H56N5O16P-2. The molecule has 3 heterocycles. The van der Waals surface area contributed by atoms with Gasteiger partial charge in [-0.2, -0.15) is 4.98 Å². The number of nitrogens with zero attached hydrogens (tertiary/aromatic N) is 2. The number of nitrogens with one attached hydrogen (secondary N) is 2. The summed E-state index contributed by atoms with van der Waals surface area (Å²) >= 11 is 0. The average Bonchev–Trinajstić information content (AvgIpc) is 3.39. The first-order valence-corrected chi connectivity index (χ1v) is 18.0. The number of aliphatic carboxylic acids is 1. The van der Waals surface area contributed by atoms with Crippen LogP contribution in [0.3, 0.4) is 0 Å². The lowest BCUT2D eigenvalue weighted by Gasteiger charge is -2.50. The number of nitrogens with two attached hydrogens (primary N) is 1. The van der Waals surface area contributed by atoms with Crippen LogP contribution in [-0.2, 0) is 32.7 Å². The molecule has 2 aliphatic heterocycles. The molecule has 1 aromatic rings. The maximum absolute atomic E-state index is 12.7. The molecule has 52 heavy (non-hydrogen) atoms. The SMILES string of the molecule is C=CC.CC.CC.CC.CNCC(=O)NC1C(O)CC(OP(=O)([O-])OCC2OC(n3ccc(N)nc3=O)C(O)C2O)(C(=O)[O-])OC1[C@H](O)[C@H](O)CO. The van der Waals surface area contributed by atoms with E-state index in [2.05, 4.69) is 31.2 Å². The second-order valence-corrected chi connectivity index (χ2v) is 11.4. The van der Waals surface area contributed by atoms with Crippen molar-refractivity contribution < 1.29 is 73.3 Å². The number of carboxylic acids is 1. The number of ether oxygens (including phenoxy) is 2. The molecule has 2 aliphatic rings. The van der Waals surface area contributed by atoms with E-state index in [1.165, 1.54) is 13.1 Å². The molecule has 0 aliphatic carbocycles. The summed E-state index contributed by atoms with van der Waals surface area (Å²) in [5, 5.41) is 77.8. The lowest BCUT2D eigenvalue weighted by Crippen LogP contribution is -2.69. The second-order valence-electron chi connectivity index (χ2n) is 10.1. The third-order valence-corrected chi connectivity index (χ3v) is 7.57. The summed E-state index contributed by atoms with van der Waals surface area (Å²) in [6.07, 6.45) is -13.5. The number of anilines is 1. The number of rotatable bonds is 13. The van der Waals surface area contributed by atoms with Crippen LogP contribution in [0.2, 0.25) is 0 Å².